The highest BCUT2D eigenvalue weighted by Crippen LogP contribution is 2.26. The number of amides is 2. The van der Waals surface area contributed by atoms with Crippen LogP contribution in [0, 0.1) is 11.8 Å². The zero-order valence-electron chi connectivity index (χ0n) is 13.6. The number of aliphatic hydroxyl groups excluding tert-OH is 1. The Bertz CT molecular complexity index is 442. The number of urea groups is 1. The molecule has 1 aromatic rings. The van der Waals surface area contributed by atoms with Crippen LogP contribution in [0.15, 0.2) is 17.5 Å². The minimum Gasteiger partial charge on any atom is -0.396 e. The van der Waals surface area contributed by atoms with E-state index in [-0.39, 0.29) is 12.6 Å². The van der Waals surface area contributed by atoms with Crippen LogP contribution in [-0.2, 0) is 6.42 Å². The Morgan fingerprint density at radius 2 is 2.18 bits per heavy atom. The van der Waals surface area contributed by atoms with E-state index in [1.807, 2.05) is 11.9 Å². The molecule has 5 heteroatoms. The first-order valence-electron chi connectivity index (χ1n) is 8.24. The molecule has 0 spiro atoms. The lowest BCUT2D eigenvalue weighted by atomic mass is 9.86. The fraction of sp³-hybridized carbons (Fsp3) is 0.706. The number of nitrogens with one attached hydrogen (secondary N) is 1. The maximum Gasteiger partial charge on any atom is 0.317 e. The molecule has 1 unspecified atom stereocenters. The van der Waals surface area contributed by atoms with E-state index < -0.39 is 0 Å². The molecule has 4 nitrogen and oxygen atoms in total. The third kappa shape index (κ3) is 4.99. The average molecular weight is 324 g/mol. The second kappa shape index (κ2) is 8.53. The molecule has 1 aliphatic carbocycles. The highest BCUT2D eigenvalue weighted by atomic mass is 32.1. The van der Waals surface area contributed by atoms with Gasteiger partial charge in [-0.2, -0.15) is 0 Å². The molecule has 0 radical (unpaired) electrons. The van der Waals surface area contributed by atoms with Crippen molar-refractivity contribution < 1.29 is 9.90 Å². The summed E-state index contributed by atoms with van der Waals surface area (Å²) in [5.74, 6) is 0.875. The smallest absolute Gasteiger partial charge is 0.317 e. The number of hydrogen-bond acceptors (Lipinski definition) is 3. The number of carbonyl (C=O) groups is 1. The molecule has 0 saturated heterocycles. The highest BCUT2D eigenvalue weighted by molar-refractivity contribution is 7.09. The first-order chi connectivity index (χ1) is 10.6. The Morgan fingerprint density at radius 3 is 2.77 bits per heavy atom. The minimum absolute atomic E-state index is 0.0329. The van der Waals surface area contributed by atoms with Crippen molar-refractivity contribution in [2.45, 2.75) is 45.1 Å². The van der Waals surface area contributed by atoms with Gasteiger partial charge in [-0.25, -0.2) is 4.79 Å². The van der Waals surface area contributed by atoms with Gasteiger partial charge in [0.1, 0.15) is 0 Å². The van der Waals surface area contributed by atoms with Crippen molar-refractivity contribution in [3.63, 3.8) is 0 Å². The molecular weight excluding hydrogens is 296 g/mol. The summed E-state index contributed by atoms with van der Waals surface area (Å²) in [7, 11) is 1.89. The number of hydrogen-bond donors (Lipinski definition) is 2. The van der Waals surface area contributed by atoms with Crippen LogP contribution in [-0.4, -0.2) is 42.3 Å². The van der Waals surface area contributed by atoms with Crippen LogP contribution in [0.3, 0.4) is 0 Å². The van der Waals surface area contributed by atoms with E-state index in [2.05, 4.69) is 29.8 Å². The van der Waals surface area contributed by atoms with Crippen LogP contribution in [0.25, 0.3) is 0 Å². The molecule has 2 amide bonds. The lowest BCUT2D eigenvalue weighted by molar-refractivity contribution is 0.133. The Hall–Kier alpha value is -1.07. The molecule has 0 aromatic carbocycles. The molecule has 0 bridgehead atoms. The summed E-state index contributed by atoms with van der Waals surface area (Å²) in [6, 6.07) is 4.57. The monoisotopic (exact) mass is 324 g/mol. The summed E-state index contributed by atoms with van der Waals surface area (Å²) in [6.45, 7) is 3.17. The predicted octanol–water partition coefficient (Wildman–Crippen LogP) is 3.12. The zero-order valence-corrected chi connectivity index (χ0v) is 14.4. The fourth-order valence-electron chi connectivity index (χ4n) is 3.11. The molecule has 0 aliphatic heterocycles. The van der Waals surface area contributed by atoms with Gasteiger partial charge in [0, 0.05) is 31.1 Å². The van der Waals surface area contributed by atoms with Crippen LogP contribution in [0.1, 0.15) is 37.5 Å². The molecule has 2 N–H and O–H groups in total. The van der Waals surface area contributed by atoms with Gasteiger partial charge in [0.15, 0.2) is 0 Å². The lowest BCUT2D eigenvalue weighted by Gasteiger charge is -2.34. The van der Waals surface area contributed by atoms with Crippen LogP contribution in [0.5, 0.6) is 0 Å². The standard InChI is InChI=1S/C17H28N2O2S/c1-13(10-16-4-3-9-22-16)11-18-17(21)19(2)15-7-5-14(12-20)6-8-15/h3-4,9,13-15,20H,5-8,10-12H2,1-2H3,(H,18,21). The maximum absolute atomic E-state index is 12.3. The third-order valence-electron chi connectivity index (χ3n) is 4.67. The van der Waals surface area contributed by atoms with Crippen molar-refractivity contribution in [3.8, 4) is 0 Å². The van der Waals surface area contributed by atoms with Crippen molar-refractivity contribution in [3.05, 3.63) is 22.4 Å². The van der Waals surface area contributed by atoms with E-state index in [1.54, 1.807) is 11.3 Å². The summed E-state index contributed by atoms with van der Waals surface area (Å²) in [4.78, 5) is 15.5. The van der Waals surface area contributed by atoms with Gasteiger partial charge in [-0.1, -0.05) is 13.0 Å². The van der Waals surface area contributed by atoms with Gasteiger partial charge in [-0.15, -0.1) is 11.3 Å². The largest absolute Gasteiger partial charge is 0.396 e. The molecule has 1 atom stereocenters. The van der Waals surface area contributed by atoms with E-state index >= 15 is 0 Å². The average Bonchev–Trinajstić information content (AvgIpc) is 3.05. The van der Waals surface area contributed by atoms with Gasteiger partial charge in [0.05, 0.1) is 0 Å². The van der Waals surface area contributed by atoms with Crippen molar-refractivity contribution >= 4 is 17.4 Å². The van der Waals surface area contributed by atoms with Crippen molar-refractivity contribution in [2.24, 2.45) is 11.8 Å². The van der Waals surface area contributed by atoms with Gasteiger partial charge in [-0.05, 0) is 55.4 Å². The molecule has 1 fully saturated rings. The Kier molecular flexibility index (Phi) is 6.70. The number of carbonyl (C=O) groups excluding carboxylic acids is 1. The molecule has 22 heavy (non-hydrogen) atoms. The number of rotatable bonds is 6. The summed E-state index contributed by atoms with van der Waals surface area (Å²) >= 11 is 1.77. The van der Waals surface area contributed by atoms with E-state index in [0.717, 1.165) is 32.1 Å². The van der Waals surface area contributed by atoms with E-state index in [4.69, 9.17) is 0 Å². The fourth-order valence-corrected chi connectivity index (χ4v) is 3.98. The molecule has 1 aromatic heterocycles. The number of nitrogens with zero attached hydrogens (tertiary/aromatic N) is 1. The summed E-state index contributed by atoms with van der Waals surface area (Å²) in [5, 5.41) is 14.3. The van der Waals surface area contributed by atoms with Crippen LogP contribution in [0.4, 0.5) is 4.79 Å². The Morgan fingerprint density at radius 1 is 1.45 bits per heavy atom. The molecular formula is C17H28N2O2S. The van der Waals surface area contributed by atoms with Crippen LogP contribution >= 0.6 is 11.3 Å². The number of thiophene rings is 1. The topological polar surface area (TPSA) is 52.6 Å². The van der Waals surface area contributed by atoms with E-state index in [0.29, 0.717) is 24.4 Å². The summed E-state index contributed by atoms with van der Waals surface area (Å²) in [5.41, 5.74) is 0. The molecule has 124 valence electrons. The van der Waals surface area contributed by atoms with Gasteiger partial charge in [0.25, 0.3) is 0 Å². The molecule has 1 saturated carbocycles. The van der Waals surface area contributed by atoms with Crippen LogP contribution < -0.4 is 5.32 Å². The summed E-state index contributed by atoms with van der Waals surface area (Å²) in [6.07, 6.45) is 5.06. The quantitative estimate of drug-likeness (QED) is 0.845. The van der Waals surface area contributed by atoms with Gasteiger partial charge in [-0.3, -0.25) is 0 Å². The Balaban J connectivity index is 1.70. The van der Waals surface area contributed by atoms with Gasteiger partial charge < -0.3 is 15.3 Å². The normalized spacial score (nSPS) is 23.0. The van der Waals surface area contributed by atoms with Crippen molar-refractivity contribution in [2.75, 3.05) is 20.2 Å². The maximum atomic E-state index is 12.3. The highest BCUT2D eigenvalue weighted by Gasteiger charge is 2.26. The van der Waals surface area contributed by atoms with Crippen LogP contribution in [0.2, 0.25) is 0 Å². The van der Waals surface area contributed by atoms with Crippen molar-refractivity contribution in [1.82, 2.24) is 10.2 Å². The molecule has 2 rings (SSSR count). The second-order valence-corrected chi connectivity index (χ2v) is 7.57. The molecule has 1 aliphatic rings. The zero-order chi connectivity index (χ0) is 15.9. The number of aliphatic hydroxyl groups is 1. The SMILES string of the molecule is CC(CNC(=O)N(C)C1CCC(CO)CC1)Cc1cccs1. The molecule has 1 heterocycles. The van der Waals surface area contributed by atoms with Gasteiger partial charge in [0.2, 0.25) is 0 Å². The van der Waals surface area contributed by atoms with Gasteiger partial charge >= 0.3 is 6.03 Å². The first kappa shape index (κ1) is 17.3. The first-order valence-corrected chi connectivity index (χ1v) is 9.12. The minimum atomic E-state index is 0.0329. The second-order valence-electron chi connectivity index (χ2n) is 6.54. The lowest BCUT2D eigenvalue weighted by Crippen LogP contribution is -2.46. The van der Waals surface area contributed by atoms with E-state index in [1.165, 1.54) is 4.88 Å². The Labute approximate surface area is 137 Å². The van der Waals surface area contributed by atoms with E-state index in [9.17, 15) is 9.90 Å². The third-order valence-corrected chi connectivity index (χ3v) is 5.57. The van der Waals surface area contributed by atoms with Crippen molar-refractivity contribution in [1.29, 1.82) is 0 Å². The summed E-state index contributed by atoms with van der Waals surface area (Å²) < 4.78 is 0. The predicted molar refractivity (Wildman–Crippen MR) is 91.2 cm³/mol.